The first-order valence-corrected chi connectivity index (χ1v) is 10.6. The van der Waals surface area contributed by atoms with Crippen molar-refractivity contribution in [3.8, 4) is 11.5 Å². The number of benzene rings is 2. The molecule has 168 valence electrons. The predicted molar refractivity (Wildman–Crippen MR) is 122 cm³/mol. The van der Waals surface area contributed by atoms with Crippen molar-refractivity contribution in [3.63, 3.8) is 0 Å². The van der Waals surface area contributed by atoms with Crippen molar-refractivity contribution >= 4 is 16.9 Å². The van der Waals surface area contributed by atoms with E-state index in [1.54, 1.807) is 55.7 Å². The van der Waals surface area contributed by atoms with Crippen LogP contribution in [0.25, 0.3) is 11.0 Å². The molecule has 1 atom stereocenters. The highest BCUT2D eigenvalue weighted by Gasteiger charge is 2.43. The molecule has 0 N–H and O–H groups in total. The average Bonchev–Trinajstić information content (AvgIpc) is 3.42. The lowest BCUT2D eigenvalue weighted by atomic mass is 9.97. The Morgan fingerprint density at radius 3 is 2.42 bits per heavy atom. The summed E-state index contributed by atoms with van der Waals surface area (Å²) in [5, 5.41) is 0.454. The SMILES string of the molecule is COc1ccc(C2c3c(oc4cc(C)c(C)cc4c3=O)C(=O)N2Cc2ccco2)cc1OC. The van der Waals surface area contributed by atoms with E-state index in [-0.39, 0.29) is 23.6 Å². The van der Waals surface area contributed by atoms with Gasteiger partial charge in [0.15, 0.2) is 16.9 Å². The van der Waals surface area contributed by atoms with Gasteiger partial charge in [-0.1, -0.05) is 6.07 Å². The van der Waals surface area contributed by atoms with Gasteiger partial charge in [0.1, 0.15) is 11.3 Å². The quantitative estimate of drug-likeness (QED) is 0.440. The fraction of sp³-hybridized carbons (Fsp3) is 0.231. The van der Waals surface area contributed by atoms with E-state index in [9.17, 15) is 9.59 Å². The van der Waals surface area contributed by atoms with Crippen LogP contribution in [0.2, 0.25) is 0 Å². The largest absolute Gasteiger partial charge is 0.493 e. The first-order chi connectivity index (χ1) is 15.9. The molecule has 0 radical (unpaired) electrons. The molecular formula is C26H23NO6. The van der Waals surface area contributed by atoms with Gasteiger partial charge in [0, 0.05) is 0 Å². The van der Waals surface area contributed by atoms with Gasteiger partial charge in [0.2, 0.25) is 5.76 Å². The van der Waals surface area contributed by atoms with Gasteiger partial charge in [-0.05, 0) is 66.9 Å². The topological polar surface area (TPSA) is 82.1 Å². The monoisotopic (exact) mass is 445 g/mol. The summed E-state index contributed by atoms with van der Waals surface area (Å²) in [6.07, 6.45) is 1.55. The number of aryl methyl sites for hydroxylation is 2. The number of methoxy groups -OCH3 is 2. The molecule has 7 heteroatoms. The highest BCUT2D eigenvalue weighted by atomic mass is 16.5. The molecule has 0 fully saturated rings. The van der Waals surface area contributed by atoms with E-state index in [1.165, 1.54) is 0 Å². The number of hydrogen-bond donors (Lipinski definition) is 0. The lowest BCUT2D eigenvalue weighted by Gasteiger charge is -2.25. The Balaban J connectivity index is 1.76. The summed E-state index contributed by atoms with van der Waals surface area (Å²) in [6, 6.07) is 11.9. The summed E-state index contributed by atoms with van der Waals surface area (Å²) in [5.74, 6) is 1.36. The molecule has 0 saturated carbocycles. The van der Waals surface area contributed by atoms with Crippen molar-refractivity contribution in [2.24, 2.45) is 0 Å². The van der Waals surface area contributed by atoms with E-state index in [0.717, 1.165) is 11.1 Å². The summed E-state index contributed by atoms with van der Waals surface area (Å²) < 4.78 is 22.4. The van der Waals surface area contributed by atoms with Crippen LogP contribution < -0.4 is 14.9 Å². The molecule has 2 aromatic heterocycles. The molecule has 1 unspecified atom stereocenters. The molecule has 33 heavy (non-hydrogen) atoms. The number of rotatable bonds is 5. The third kappa shape index (κ3) is 3.28. The van der Waals surface area contributed by atoms with Crippen LogP contribution in [0.1, 0.15) is 44.6 Å². The van der Waals surface area contributed by atoms with Crippen molar-refractivity contribution in [2.75, 3.05) is 14.2 Å². The van der Waals surface area contributed by atoms with Crippen LogP contribution in [-0.4, -0.2) is 25.0 Å². The molecule has 0 saturated heterocycles. The summed E-state index contributed by atoms with van der Waals surface area (Å²) in [4.78, 5) is 28.8. The van der Waals surface area contributed by atoms with Crippen LogP contribution in [0.15, 0.2) is 62.4 Å². The normalized spacial score (nSPS) is 15.2. The first-order valence-electron chi connectivity index (χ1n) is 10.6. The van der Waals surface area contributed by atoms with Crippen LogP contribution >= 0.6 is 0 Å². The number of carbonyl (C=O) groups excluding carboxylic acids is 1. The Hall–Kier alpha value is -4.00. The maximum Gasteiger partial charge on any atom is 0.291 e. The van der Waals surface area contributed by atoms with E-state index in [1.807, 2.05) is 26.0 Å². The minimum Gasteiger partial charge on any atom is -0.493 e. The molecule has 1 amide bonds. The van der Waals surface area contributed by atoms with Crippen LogP contribution in [-0.2, 0) is 6.54 Å². The zero-order chi connectivity index (χ0) is 23.3. The van der Waals surface area contributed by atoms with Crippen molar-refractivity contribution in [3.05, 3.63) is 92.7 Å². The summed E-state index contributed by atoms with van der Waals surface area (Å²) in [5.41, 5.74) is 3.18. The van der Waals surface area contributed by atoms with Gasteiger partial charge in [-0.3, -0.25) is 9.59 Å². The van der Waals surface area contributed by atoms with Crippen LogP contribution in [0, 0.1) is 13.8 Å². The molecule has 2 aromatic carbocycles. The standard InChI is InChI=1S/C26H23NO6/c1-14-10-18-20(11-15(14)2)33-25-22(24(18)28)23(16-7-8-19(30-3)21(12-16)31-4)27(26(25)29)13-17-6-5-9-32-17/h5-12,23H,13H2,1-4H3. The number of ether oxygens (including phenoxy) is 2. The van der Waals surface area contributed by atoms with Crippen molar-refractivity contribution in [2.45, 2.75) is 26.4 Å². The molecule has 4 aromatic rings. The van der Waals surface area contributed by atoms with Crippen molar-refractivity contribution < 1.29 is 23.1 Å². The maximum absolute atomic E-state index is 13.7. The molecule has 5 rings (SSSR count). The van der Waals surface area contributed by atoms with E-state index in [0.29, 0.717) is 39.4 Å². The lowest BCUT2D eigenvalue weighted by molar-refractivity contribution is 0.0701. The Morgan fingerprint density at radius 1 is 0.970 bits per heavy atom. The predicted octanol–water partition coefficient (Wildman–Crippen LogP) is 4.77. The molecule has 0 spiro atoms. The number of carbonyl (C=O) groups is 1. The number of nitrogens with zero attached hydrogens (tertiary/aromatic N) is 1. The smallest absolute Gasteiger partial charge is 0.291 e. The second-order valence-electron chi connectivity index (χ2n) is 8.14. The minimum absolute atomic E-state index is 0.0575. The van der Waals surface area contributed by atoms with Gasteiger partial charge in [-0.25, -0.2) is 0 Å². The molecule has 0 aliphatic carbocycles. The number of amides is 1. The zero-order valence-electron chi connectivity index (χ0n) is 18.8. The van der Waals surface area contributed by atoms with E-state index >= 15 is 0 Å². The molecule has 1 aliphatic rings. The number of hydrogen-bond acceptors (Lipinski definition) is 6. The Kier molecular flexibility index (Phi) is 4.96. The zero-order valence-corrected chi connectivity index (χ0v) is 18.8. The minimum atomic E-state index is -0.667. The molecule has 3 heterocycles. The first kappa shape index (κ1) is 20.9. The molecule has 0 bridgehead atoms. The van der Waals surface area contributed by atoms with Crippen LogP contribution in [0.4, 0.5) is 0 Å². The highest BCUT2D eigenvalue weighted by molar-refractivity contribution is 5.99. The molecule has 7 nitrogen and oxygen atoms in total. The second-order valence-corrected chi connectivity index (χ2v) is 8.14. The maximum atomic E-state index is 13.7. The summed E-state index contributed by atoms with van der Waals surface area (Å²) in [7, 11) is 3.10. The number of fused-ring (bicyclic) bond motifs is 2. The number of furan rings is 1. The van der Waals surface area contributed by atoms with Gasteiger partial charge < -0.3 is 23.2 Å². The van der Waals surface area contributed by atoms with E-state index in [4.69, 9.17) is 18.3 Å². The van der Waals surface area contributed by atoms with E-state index < -0.39 is 6.04 Å². The summed E-state index contributed by atoms with van der Waals surface area (Å²) in [6.45, 7) is 4.07. The van der Waals surface area contributed by atoms with Crippen LogP contribution in [0.3, 0.4) is 0 Å². The van der Waals surface area contributed by atoms with Gasteiger partial charge in [0.25, 0.3) is 5.91 Å². The lowest BCUT2D eigenvalue weighted by Crippen LogP contribution is -2.29. The van der Waals surface area contributed by atoms with Crippen molar-refractivity contribution in [1.82, 2.24) is 4.90 Å². The van der Waals surface area contributed by atoms with E-state index in [2.05, 4.69) is 0 Å². The Bertz CT molecular complexity index is 1430. The van der Waals surface area contributed by atoms with Gasteiger partial charge >= 0.3 is 0 Å². The van der Waals surface area contributed by atoms with Gasteiger partial charge in [0.05, 0.1) is 44.0 Å². The Morgan fingerprint density at radius 2 is 1.73 bits per heavy atom. The fourth-order valence-corrected chi connectivity index (χ4v) is 4.38. The van der Waals surface area contributed by atoms with Gasteiger partial charge in [-0.15, -0.1) is 0 Å². The van der Waals surface area contributed by atoms with Crippen molar-refractivity contribution in [1.29, 1.82) is 0 Å². The third-order valence-electron chi connectivity index (χ3n) is 6.21. The fourth-order valence-electron chi connectivity index (χ4n) is 4.38. The highest BCUT2D eigenvalue weighted by Crippen LogP contribution is 2.41. The third-order valence-corrected chi connectivity index (χ3v) is 6.21. The molecule has 1 aliphatic heterocycles. The average molecular weight is 445 g/mol. The van der Waals surface area contributed by atoms with Gasteiger partial charge in [-0.2, -0.15) is 0 Å². The Labute approximate surface area is 190 Å². The molecular weight excluding hydrogens is 422 g/mol. The summed E-state index contributed by atoms with van der Waals surface area (Å²) >= 11 is 0. The van der Waals surface area contributed by atoms with Crippen LogP contribution in [0.5, 0.6) is 11.5 Å². The second kappa shape index (κ2) is 7.85.